The number of hydrazine groups is 1. The molecule has 7 heteroatoms. The molecule has 0 aliphatic carbocycles. The summed E-state index contributed by atoms with van der Waals surface area (Å²) >= 11 is 0. The van der Waals surface area contributed by atoms with Crippen LogP contribution in [-0.2, 0) is 16.1 Å². The highest BCUT2D eigenvalue weighted by molar-refractivity contribution is 5.85. The van der Waals surface area contributed by atoms with Crippen molar-refractivity contribution in [1.82, 2.24) is 20.7 Å². The maximum atomic E-state index is 13.1. The smallest absolute Gasteiger partial charge is 0.250 e. The lowest BCUT2D eigenvalue weighted by atomic mass is 9.97. The number of amides is 2. The van der Waals surface area contributed by atoms with E-state index in [1.54, 1.807) is 11.1 Å². The Bertz CT molecular complexity index is 1030. The number of benzene rings is 2. The summed E-state index contributed by atoms with van der Waals surface area (Å²) in [6, 6.07) is 16.1. The highest BCUT2D eigenvalue weighted by Crippen LogP contribution is 2.31. The Morgan fingerprint density at radius 1 is 1.15 bits per heavy atom. The van der Waals surface area contributed by atoms with Gasteiger partial charge in [-0.25, -0.2) is 5.43 Å². The number of para-hydroxylation sites is 1. The molecule has 0 spiro atoms. The number of ether oxygens (including phenoxy) is 1. The molecule has 180 valence electrons. The number of carbonyl (C=O) groups excluding carboxylic acids is 2. The third kappa shape index (κ3) is 5.42. The molecule has 2 N–H and O–H groups in total. The quantitative estimate of drug-likeness (QED) is 0.592. The van der Waals surface area contributed by atoms with Crippen molar-refractivity contribution in [3.63, 3.8) is 0 Å². The number of nitrogens with one attached hydrogen (secondary N) is 2. The molecule has 2 aromatic carbocycles. The van der Waals surface area contributed by atoms with Crippen LogP contribution in [0.2, 0.25) is 0 Å². The third-order valence-electron chi connectivity index (χ3n) is 6.41. The van der Waals surface area contributed by atoms with Crippen molar-refractivity contribution in [2.45, 2.75) is 58.2 Å². The predicted octanol–water partition coefficient (Wildman–Crippen LogP) is 3.85. The molecule has 2 aromatic rings. The third-order valence-corrected chi connectivity index (χ3v) is 6.41. The molecule has 4 rings (SSSR count). The molecule has 2 unspecified atom stereocenters. The van der Waals surface area contributed by atoms with Crippen molar-refractivity contribution in [3.8, 4) is 5.75 Å². The van der Waals surface area contributed by atoms with Gasteiger partial charge in [0.15, 0.2) is 0 Å². The zero-order valence-electron chi connectivity index (χ0n) is 20.2. The van der Waals surface area contributed by atoms with Gasteiger partial charge in [0.2, 0.25) is 5.91 Å². The fraction of sp³-hybridized carbons (Fsp3) is 0.407. The maximum absolute atomic E-state index is 13.1. The molecule has 7 nitrogen and oxygen atoms in total. The van der Waals surface area contributed by atoms with Crippen molar-refractivity contribution in [2.75, 3.05) is 13.2 Å². The Kier molecular flexibility index (Phi) is 7.53. The summed E-state index contributed by atoms with van der Waals surface area (Å²) in [6.07, 6.45) is 4.59. The number of rotatable bonds is 9. The summed E-state index contributed by atoms with van der Waals surface area (Å²) < 4.78 is 5.61. The second kappa shape index (κ2) is 10.7. The van der Waals surface area contributed by atoms with E-state index in [1.807, 2.05) is 42.4 Å². The van der Waals surface area contributed by atoms with E-state index in [-0.39, 0.29) is 30.3 Å². The van der Waals surface area contributed by atoms with Gasteiger partial charge in [0, 0.05) is 37.5 Å². The lowest BCUT2D eigenvalue weighted by Gasteiger charge is -2.31. The molecule has 0 radical (unpaired) electrons. The van der Waals surface area contributed by atoms with Crippen LogP contribution in [0.25, 0.3) is 0 Å². The molecule has 2 aliphatic heterocycles. The van der Waals surface area contributed by atoms with Crippen LogP contribution < -0.4 is 15.5 Å². The molecule has 0 bridgehead atoms. The molecule has 1 fully saturated rings. The van der Waals surface area contributed by atoms with Crippen LogP contribution in [0.1, 0.15) is 62.3 Å². The van der Waals surface area contributed by atoms with Gasteiger partial charge in [0.25, 0.3) is 5.91 Å². The Balaban J connectivity index is 1.28. The number of nitrogens with zero attached hydrogens (tertiary/aromatic N) is 2. The van der Waals surface area contributed by atoms with Crippen molar-refractivity contribution in [3.05, 3.63) is 77.6 Å². The Morgan fingerprint density at radius 3 is 2.65 bits per heavy atom. The van der Waals surface area contributed by atoms with Crippen molar-refractivity contribution in [1.29, 1.82) is 0 Å². The molecule has 0 saturated carbocycles. The lowest BCUT2D eigenvalue weighted by Crippen LogP contribution is -2.48. The minimum absolute atomic E-state index is 0.0193. The molecular formula is C27H34N4O3. The first-order valence-electron chi connectivity index (χ1n) is 12.1. The average Bonchev–Trinajstić information content (AvgIpc) is 3.29. The fourth-order valence-corrected chi connectivity index (χ4v) is 4.40. The van der Waals surface area contributed by atoms with Crippen LogP contribution >= 0.6 is 0 Å². The number of fused-ring (bicyclic) bond motifs is 1. The second-order valence-corrected chi connectivity index (χ2v) is 9.06. The van der Waals surface area contributed by atoms with Gasteiger partial charge in [-0.1, -0.05) is 56.3 Å². The van der Waals surface area contributed by atoms with E-state index < -0.39 is 0 Å². The van der Waals surface area contributed by atoms with Gasteiger partial charge in [-0.3, -0.25) is 9.59 Å². The monoisotopic (exact) mass is 462 g/mol. The van der Waals surface area contributed by atoms with Crippen LogP contribution in [0, 0.1) is 0 Å². The van der Waals surface area contributed by atoms with E-state index in [1.165, 1.54) is 11.1 Å². The summed E-state index contributed by atoms with van der Waals surface area (Å²) in [7, 11) is 0. The van der Waals surface area contributed by atoms with E-state index in [9.17, 15) is 9.59 Å². The molecule has 0 aromatic heterocycles. The molecule has 2 atom stereocenters. The van der Waals surface area contributed by atoms with Gasteiger partial charge < -0.3 is 20.0 Å². The Labute approximate surface area is 201 Å². The first kappa shape index (κ1) is 23.8. The van der Waals surface area contributed by atoms with Crippen LogP contribution in [0.4, 0.5) is 0 Å². The minimum atomic E-state index is -0.263. The summed E-state index contributed by atoms with van der Waals surface area (Å²) in [6.45, 7) is 7.63. The van der Waals surface area contributed by atoms with E-state index in [0.29, 0.717) is 32.0 Å². The van der Waals surface area contributed by atoms with Gasteiger partial charge in [0.05, 0.1) is 12.6 Å². The Morgan fingerprint density at radius 2 is 1.91 bits per heavy atom. The van der Waals surface area contributed by atoms with Crippen LogP contribution in [0.3, 0.4) is 0 Å². The average molecular weight is 463 g/mol. The number of hydrogen-bond donors (Lipinski definition) is 2. The molecule has 34 heavy (non-hydrogen) atoms. The number of hydrogen-bond acceptors (Lipinski definition) is 5. The molecule has 1 saturated heterocycles. The first-order chi connectivity index (χ1) is 16.5. The van der Waals surface area contributed by atoms with Gasteiger partial charge in [-0.15, -0.1) is 0 Å². The largest absolute Gasteiger partial charge is 0.494 e. The van der Waals surface area contributed by atoms with Crippen molar-refractivity contribution >= 4 is 11.8 Å². The van der Waals surface area contributed by atoms with Crippen LogP contribution in [-0.4, -0.2) is 40.9 Å². The number of carbonyl (C=O) groups is 2. The molecule has 2 aliphatic rings. The molecular weight excluding hydrogens is 428 g/mol. The lowest BCUT2D eigenvalue weighted by molar-refractivity contribution is -0.134. The summed E-state index contributed by atoms with van der Waals surface area (Å²) in [5.41, 5.74) is 6.86. The molecule has 2 amide bonds. The van der Waals surface area contributed by atoms with Gasteiger partial charge in [0.1, 0.15) is 11.8 Å². The molecule has 2 heterocycles. The topological polar surface area (TPSA) is 73.9 Å². The van der Waals surface area contributed by atoms with E-state index in [4.69, 9.17) is 4.74 Å². The van der Waals surface area contributed by atoms with E-state index in [0.717, 1.165) is 11.3 Å². The predicted molar refractivity (Wildman–Crippen MR) is 132 cm³/mol. The van der Waals surface area contributed by atoms with Gasteiger partial charge >= 0.3 is 0 Å². The first-order valence-corrected chi connectivity index (χ1v) is 12.1. The second-order valence-electron chi connectivity index (χ2n) is 9.06. The van der Waals surface area contributed by atoms with Gasteiger partial charge in [-0.05, 0) is 36.5 Å². The van der Waals surface area contributed by atoms with Crippen molar-refractivity contribution in [2.24, 2.45) is 0 Å². The summed E-state index contributed by atoms with van der Waals surface area (Å²) in [5.74, 6) is 1.20. The maximum Gasteiger partial charge on any atom is 0.250 e. The van der Waals surface area contributed by atoms with Gasteiger partial charge in [-0.2, -0.15) is 0 Å². The fourth-order valence-electron chi connectivity index (χ4n) is 4.40. The Hall–Kier alpha value is -3.32. The van der Waals surface area contributed by atoms with Crippen molar-refractivity contribution < 1.29 is 14.3 Å². The summed E-state index contributed by atoms with van der Waals surface area (Å²) in [4.78, 5) is 27.2. The standard InChI is InChI=1S/C27H34N4O3/c1-4-34-25-8-6-5-7-22(25)18-28-26(32)13-14-30-15-16-31-24(27(30)33)17-23(29-31)21-11-9-20(10-12-21)19(2)3/h5-12,15-16,19,23-24,29H,4,13-14,17-18H2,1-3H3,(H,28,32). The van der Waals surface area contributed by atoms with E-state index in [2.05, 4.69) is 48.9 Å². The summed E-state index contributed by atoms with van der Waals surface area (Å²) in [5, 5.41) is 4.83. The highest BCUT2D eigenvalue weighted by Gasteiger charge is 2.39. The minimum Gasteiger partial charge on any atom is -0.494 e. The normalized spacial score (nSPS) is 19.5. The zero-order valence-corrected chi connectivity index (χ0v) is 20.2. The van der Waals surface area contributed by atoms with E-state index >= 15 is 0 Å². The zero-order chi connectivity index (χ0) is 24.1. The highest BCUT2D eigenvalue weighted by atomic mass is 16.5. The van der Waals surface area contributed by atoms with Crippen LogP contribution in [0.15, 0.2) is 60.9 Å². The van der Waals surface area contributed by atoms with Crippen LogP contribution in [0.5, 0.6) is 5.75 Å². The SMILES string of the molecule is CCOc1ccccc1CNC(=O)CCN1C=CN2NC(c3ccc(C(C)C)cc3)CC2C1=O.